The molecule has 9 heteroatoms. The van der Waals surface area contributed by atoms with Gasteiger partial charge in [-0.05, 0) is 42.7 Å². The van der Waals surface area contributed by atoms with Crippen LogP contribution in [0.2, 0.25) is 5.02 Å². The number of amides is 1. The van der Waals surface area contributed by atoms with Crippen LogP contribution in [-0.2, 0) is 26.9 Å². The molecule has 0 aliphatic carbocycles. The molecule has 0 N–H and O–H groups in total. The van der Waals surface area contributed by atoms with E-state index < -0.39 is 9.84 Å². The molecule has 0 bridgehead atoms. The fourth-order valence-electron chi connectivity index (χ4n) is 3.60. The van der Waals surface area contributed by atoms with Gasteiger partial charge < -0.3 is 0 Å². The van der Waals surface area contributed by atoms with E-state index in [9.17, 15) is 13.2 Å². The number of fused-ring (bicyclic) bond motifs is 1. The van der Waals surface area contributed by atoms with E-state index in [2.05, 4.69) is 4.98 Å². The quantitative estimate of drug-likeness (QED) is 0.292. The van der Waals surface area contributed by atoms with Crippen molar-refractivity contribution in [2.24, 2.45) is 0 Å². The second kappa shape index (κ2) is 10.6. The van der Waals surface area contributed by atoms with E-state index in [1.165, 1.54) is 11.3 Å². The Bertz CT molecular complexity index is 1350. The van der Waals surface area contributed by atoms with Crippen molar-refractivity contribution in [1.29, 1.82) is 0 Å². The fraction of sp³-hybridized carbons (Fsp3) is 0.240. The van der Waals surface area contributed by atoms with E-state index in [1.54, 1.807) is 23.2 Å². The topological polar surface area (TPSA) is 80.2 Å². The van der Waals surface area contributed by atoms with Crippen molar-refractivity contribution in [3.8, 4) is 0 Å². The lowest BCUT2D eigenvalue weighted by Gasteiger charge is -2.19. The Morgan fingerprint density at radius 3 is 2.53 bits per heavy atom. The van der Waals surface area contributed by atoms with Crippen LogP contribution in [0.1, 0.15) is 29.7 Å². The van der Waals surface area contributed by atoms with Gasteiger partial charge in [-0.2, -0.15) is 0 Å². The first kappa shape index (κ1) is 24.3. The molecule has 176 valence electrons. The SMILES string of the molecule is Cc1ccc(Cl)c2sc(N(Cc3ccccn3)C(=O)CCCS(=O)(=O)Cc3ccccc3)nc12. The number of thiazole rings is 1. The highest BCUT2D eigenvalue weighted by molar-refractivity contribution is 7.90. The van der Waals surface area contributed by atoms with Gasteiger partial charge in [-0.25, -0.2) is 13.4 Å². The second-order valence-corrected chi connectivity index (χ2v) is 11.6. The van der Waals surface area contributed by atoms with Gasteiger partial charge in [-0.15, -0.1) is 0 Å². The van der Waals surface area contributed by atoms with Crippen LogP contribution < -0.4 is 4.90 Å². The summed E-state index contributed by atoms with van der Waals surface area (Å²) in [6, 6.07) is 18.3. The van der Waals surface area contributed by atoms with Gasteiger partial charge in [0.05, 0.1) is 39.0 Å². The number of carbonyl (C=O) groups is 1. The molecule has 0 fully saturated rings. The Kier molecular flexibility index (Phi) is 7.60. The molecule has 0 saturated heterocycles. The lowest BCUT2D eigenvalue weighted by Crippen LogP contribution is -2.31. The largest absolute Gasteiger partial charge is 0.282 e. The van der Waals surface area contributed by atoms with Gasteiger partial charge in [-0.3, -0.25) is 14.7 Å². The van der Waals surface area contributed by atoms with Crippen molar-refractivity contribution in [2.45, 2.75) is 32.1 Å². The molecule has 0 aliphatic rings. The summed E-state index contributed by atoms with van der Waals surface area (Å²) in [7, 11) is -3.32. The normalized spacial score (nSPS) is 11.6. The molecule has 2 aromatic heterocycles. The summed E-state index contributed by atoms with van der Waals surface area (Å²) in [4.78, 5) is 23.9. The molecule has 4 rings (SSSR count). The van der Waals surface area contributed by atoms with E-state index in [0.717, 1.165) is 27.0 Å². The molecular weight excluding hydrogens is 490 g/mol. The first-order valence-electron chi connectivity index (χ1n) is 10.8. The third-order valence-electron chi connectivity index (χ3n) is 5.34. The predicted molar refractivity (Wildman–Crippen MR) is 138 cm³/mol. The summed E-state index contributed by atoms with van der Waals surface area (Å²) >= 11 is 7.73. The molecular formula is C25H24ClN3O3S2. The summed E-state index contributed by atoms with van der Waals surface area (Å²) in [6.07, 6.45) is 1.99. The summed E-state index contributed by atoms with van der Waals surface area (Å²) in [5, 5.41) is 1.11. The highest BCUT2D eigenvalue weighted by atomic mass is 35.5. The first-order chi connectivity index (χ1) is 16.3. The number of carbonyl (C=O) groups excluding carboxylic acids is 1. The van der Waals surface area contributed by atoms with E-state index in [1.807, 2.05) is 55.5 Å². The van der Waals surface area contributed by atoms with Crippen LogP contribution in [0.15, 0.2) is 66.9 Å². The van der Waals surface area contributed by atoms with E-state index in [4.69, 9.17) is 16.6 Å². The van der Waals surface area contributed by atoms with Crippen LogP contribution in [0.4, 0.5) is 5.13 Å². The monoisotopic (exact) mass is 513 g/mol. The number of aromatic nitrogens is 2. The average Bonchev–Trinajstić information content (AvgIpc) is 3.27. The number of benzene rings is 2. The number of anilines is 1. The van der Waals surface area contributed by atoms with Gasteiger partial charge in [0, 0.05) is 12.6 Å². The van der Waals surface area contributed by atoms with Gasteiger partial charge in [-0.1, -0.05) is 65.4 Å². The van der Waals surface area contributed by atoms with Crippen LogP contribution in [0.3, 0.4) is 0 Å². The molecule has 0 unspecified atom stereocenters. The zero-order valence-corrected chi connectivity index (χ0v) is 21.0. The maximum Gasteiger partial charge on any atom is 0.229 e. The number of rotatable bonds is 9. The van der Waals surface area contributed by atoms with Gasteiger partial charge >= 0.3 is 0 Å². The molecule has 1 amide bonds. The molecule has 0 spiro atoms. The molecule has 0 radical (unpaired) electrons. The zero-order valence-electron chi connectivity index (χ0n) is 18.6. The van der Waals surface area contributed by atoms with Gasteiger partial charge in [0.2, 0.25) is 5.91 Å². The number of hydrogen-bond acceptors (Lipinski definition) is 6. The second-order valence-electron chi connectivity index (χ2n) is 8.02. The Balaban J connectivity index is 1.52. The van der Waals surface area contributed by atoms with Gasteiger partial charge in [0.25, 0.3) is 0 Å². The number of aryl methyl sites for hydroxylation is 1. The van der Waals surface area contributed by atoms with Crippen molar-refractivity contribution >= 4 is 54.0 Å². The fourth-order valence-corrected chi connectivity index (χ4v) is 6.36. The van der Waals surface area contributed by atoms with Crippen molar-refractivity contribution in [1.82, 2.24) is 9.97 Å². The maximum atomic E-state index is 13.3. The first-order valence-corrected chi connectivity index (χ1v) is 13.8. The van der Waals surface area contributed by atoms with Crippen molar-refractivity contribution < 1.29 is 13.2 Å². The van der Waals surface area contributed by atoms with Crippen LogP contribution in [-0.4, -0.2) is 30.0 Å². The standard InChI is InChI=1S/C25H24ClN3O3S2/c1-18-12-13-21(26)24-23(18)28-25(33-24)29(16-20-10-5-6-14-27-20)22(30)11-7-15-34(31,32)17-19-8-3-2-4-9-19/h2-6,8-10,12-14H,7,11,15-17H2,1H3. The summed E-state index contributed by atoms with van der Waals surface area (Å²) in [6.45, 7) is 2.19. The number of pyridine rings is 1. The van der Waals surface area contributed by atoms with E-state index in [0.29, 0.717) is 10.2 Å². The van der Waals surface area contributed by atoms with Crippen LogP contribution in [0, 0.1) is 6.92 Å². The maximum absolute atomic E-state index is 13.3. The molecule has 0 aliphatic heterocycles. The van der Waals surface area contributed by atoms with E-state index in [-0.39, 0.29) is 36.8 Å². The molecule has 2 heterocycles. The lowest BCUT2D eigenvalue weighted by atomic mass is 10.2. The number of hydrogen-bond donors (Lipinski definition) is 0. The molecule has 34 heavy (non-hydrogen) atoms. The van der Waals surface area contributed by atoms with Gasteiger partial charge in [0.1, 0.15) is 0 Å². The van der Waals surface area contributed by atoms with Crippen molar-refractivity contribution in [2.75, 3.05) is 10.7 Å². The molecule has 0 atom stereocenters. The van der Waals surface area contributed by atoms with Crippen LogP contribution in [0.5, 0.6) is 0 Å². The molecule has 6 nitrogen and oxygen atoms in total. The zero-order chi connectivity index (χ0) is 24.1. The molecule has 0 saturated carbocycles. The molecule has 2 aromatic carbocycles. The Morgan fingerprint density at radius 2 is 1.82 bits per heavy atom. The highest BCUT2D eigenvalue weighted by Crippen LogP contribution is 2.36. The summed E-state index contributed by atoms with van der Waals surface area (Å²) in [5.74, 6) is -0.293. The smallest absolute Gasteiger partial charge is 0.229 e. The Labute approximate surface area is 208 Å². The lowest BCUT2D eigenvalue weighted by molar-refractivity contribution is -0.118. The third kappa shape index (κ3) is 6.00. The number of halogens is 1. The van der Waals surface area contributed by atoms with Crippen molar-refractivity contribution in [3.63, 3.8) is 0 Å². The predicted octanol–water partition coefficient (Wildman–Crippen LogP) is 5.58. The number of nitrogens with zero attached hydrogens (tertiary/aromatic N) is 3. The highest BCUT2D eigenvalue weighted by Gasteiger charge is 2.23. The van der Waals surface area contributed by atoms with Crippen molar-refractivity contribution in [3.05, 3.63) is 88.7 Å². The average molecular weight is 514 g/mol. The van der Waals surface area contributed by atoms with E-state index >= 15 is 0 Å². The van der Waals surface area contributed by atoms with Crippen LogP contribution >= 0.6 is 22.9 Å². The Morgan fingerprint density at radius 1 is 1.06 bits per heavy atom. The molecule has 4 aromatic rings. The number of sulfone groups is 1. The minimum atomic E-state index is -3.32. The summed E-state index contributed by atoms with van der Waals surface area (Å²) < 4.78 is 25.9. The van der Waals surface area contributed by atoms with Gasteiger partial charge in [0.15, 0.2) is 15.0 Å². The Hall–Kier alpha value is -2.81. The third-order valence-corrected chi connectivity index (χ3v) is 8.56. The minimum Gasteiger partial charge on any atom is -0.282 e. The van der Waals surface area contributed by atoms with Crippen LogP contribution in [0.25, 0.3) is 10.2 Å². The minimum absolute atomic E-state index is 0.0324. The summed E-state index contributed by atoms with van der Waals surface area (Å²) in [5.41, 5.74) is 3.19.